The smallest absolute Gasteiger partial charge is 0.174 e. The summed E-state index contributed by atoms with van der Waals surface area (Å²) < 4.78 is 1.75. The second kappa shape index (κ2) is 5.82. The molecular formula is C14H20N6O. The van der Waals surface area contributed by atoms with E-state index in [9.17, 15) is 0 Å². The van der Waals surface area contributed by atoms with Crippen molar-refractivity contribution in [2.45, 2.75) is 20.4 Å². The third-order valence-corrected chi connectivity index (χ3v) is 3.23. The summed E-state index contributed by atoms with van der Waals surface area (Å²) in [6.45, 7) is 4.48. The zero-order valence-corrected chi connectivity index (χ0v) is 12.7. The minimum Gasteiger partial charge on any atom is -0.409 e. The molecule has 0 saturated heterocycles. The summed E-state index contributed by atoms with van der Waals surface area (Å²) in [6, 6.07) is 1.91. The van der Waals surface area contributed by atoms with Crippen LogP contribution in [0.4, 0.5) is 5.82 Å². The number of hydrogen-bond acceptors (Lipinski definition) is 5. The van der Waals surface area contributed by atoms with Crippen molar-refractivity contribution in [3.63, 3.8) is 0 Å². The Bertz CT molecular complexity index is 676. The van der Waals surface area contributed by atoms with Crippen molar-refractivity contribution in [2.24, 2.45) is 17.9 Å². The molecule has 0 bridgehead atoms. The molecule has 0 spiro atoms. The van der Waals surface area contributed by atoms with Crippen molar-refractivity contribution in [1.82, 2.24) is 14.8 Å². The van der Waals surface area contributed by atoms with E-state index in [0.717, 1.165) is 16.8 Å². The fourth-order valence-corrected chi connectivity index (χ4v) is 2.36. The highest BCUT2D eigenvalue weighted by Gasteiger charge is 2.17. The largest absolute Gasteiger partial charge is 0.409 e. The van der Waals surface area contributed by atoms with E-state index in [1.165, 1.54) is 0 Å². The number of nitrogens with two attached hydrogens (primary N) is 1. The van der Waals surface area contributed by atoms with Crippen LogP contribution in [0.5, 0.6) is 0 Å². The average molecular weight is 288 g/mol. The van der Waals surface area contributed by atoms with Crippen molar-refractivity contribution in [2.75, 3.05) is 11.9 Å². The van der Waals surface area contributed by atoms with E-state index in [1.807, 2.05) is 51.3 Å². The Hall–Kier alpha value is -2.57. The van der Waals surface area contributed by atoms with Gasteiger partial charge in [-0.2, -0.15) is 5.10 Å². The van der Waals surface area contributed by atoms with E-state index in [4.69, 9.17) is 10.9 Å². The van der Waals surface area contributed by atoms with Crippen molar-refractivity contribution >= 4 is 11.7 Å². The summed E-state index contributed by atoms with van der Waals surface area (Å²) in [4.78, 5) is 6.50. The molecule has 2 aromatic rings. The molecule has 0 unspecified atom stereocenters. The number of oxime groups is 1. The van der Waals surface area contributed by atoms with Crippen molar-refractivity contribution in [3.8, 4) is 0 Å². The minimum absolute atomic E-state index is 0.0630. The third kappa shape index (κ3) is 3.13. The molecule has 0 amide bonds. The molecule has 0 fully saturated rings. The van der Waals surface area contributed by atoms with Gasteiger partial charge < -0.3 is 15.8 Å². The normalized spacial score (nSPS) is 11.7. The van der Waals surface area contributed by atoms with Gasteiger partial charge in [-0.15, -0.1) is 0 Å². The number of nitrogens with zero attached hydrogens (tertiary/aromatic N) is 5. The Morgan fingerprint density at radius 3 is 2.76 bits per heavy atom. The van der Waals surface area contributed by atoms with Gasteiger partial charge in [0.15, 0.2) is 5.84 Å². The lowest BCUT2D eigenvalue weighted by molar-refractivity contribution is 0.318. The fraction of sp³-hybridized carbons (Fsp3) is 0.357. The fourth-order valence-electron chi connectivity index (χ4n) is 2.36. The zero-order chi connectivity index (χ0) is 15.6. The Morgan fingerprint density at radius 2 is 2.19 bits per heavy atom. The van der Waals surface area contributed by atoms with Crippen molar-refractivity contribution in [1.29, 1.82) is 0 Å². The first kappa shape index (κ1) is 14.8. The lowest BCUT2D eigenvalue weighted by Gasteiger charge is -2.22. The highest BCUT2D eigenvalue weighted by molar-refractivity contribution is 6.02. The number of pyridine rings is 1. The molecule has 7 heteroatoms. The molecule has 0 aliphatic heterocycles. The molecule has 0 aliphatic rings. The predicted octanol–water partition coefficient (Wildman–Crippen LogP) is 1.16. The summed E-state index contributed by atoms with van der Waals surface area (Å²) in [5.74, 6) is 0.750. The van der Waals surface area contributed by atoms with Gasteiger partial charge in [-0.05, 0) is 25.5 Å². The van der Waals surface area contributed by atoms with Crippen LogP contribution < -0.4 is 10.6 Å². The Labute approximate surface area is 123 Å². The molecular weight excluding hydrogens is 268 g/mol. The van der Waals surface area contributed by atoms with E-state index in [2.05, 4.69) is 15.2 Å². The molecule has 0 aromatic carbocycles. The van der Waals surface area contributed by atoms with Crippen molar-refractivity contribution in [3.05, 3.63) is 40.8 Å². The van der Waals surface area contributed by atoms with E-state index in [0.29, 0.717) is 17.9 Å². The van der Waals surface area contributed by atoms with Crippen LogP contribution >= 0.6 is 0 Å². The van der Waals surface area contributed by atoms with Crippen LogP contribution in [0.15, 0.2) is 23.6 Å². The van der Waals surface area contributed by atoms with Gasteiger partial charge in [-0.1, -0.05) is 5.16 Å². The van der Waals surface area contributed by atoms with Crippen LogP contribution in [0.3, 0.4) is 0 Å². The molecule has 7 nitrogen and oxygen atoms in total. The van der Waals surface area contributed by atoms with Gasteiger partial charge >= 0.3 is 0 Å². The molecule has 0 aliphatic carbocycles. The first-order chi connectivity index (χ1) is 9.92. The zero-order valence-electron chi connectivity index (χ0n) is 12.7. The first-order valence-electron chi connectivity index (χ1n) is 6.57. The number of aryl methyl sites for hydroxylation is 3. The maximum atomic E-state index is 8.98. The van der Waals surface area contributed by atoms with Gasteiger partial charge in [0.05, 0.1) is 11.8 Å². The topological polar surface area (TPSA) is 92.6 Å². The van der Waals surface area contributed by atoms with Crippen LogP contribution in [-0.2, 0) is 13.6 Å². The first-order valence-corrected chi connectivity index (χ1v) is 6.57. The van der Waals surface area contributed by atoms with E-state index < -0.39 is 0 Å². The highest BCUT2D eigenvalue weighted by atomic mass is 16.4. The van der Waals surface area contributed by atoms with Gasteiger partial charge in [0.2, 0.25) is 0 Å². The number of amidine groups is 1. The van der Waals surface area contributed by atoms with Crippen LogP contribution in [0.2, 0.25) is 0 Å². The standard InChI is InChI=1S/C14H20N6O/c1-9-5-10(2)17-14(12(9)13(15)18-21)19(3)7-11-6-16-20(4)8-11/h5-6,8,21H,7H2,1-4H3,(H2,15,18). The van der Waals surface area contributed by atoms with Crippen LogP contribution in [-0.4, -0.2) is 32.9 Å². The summed E-state index contributed by atoms with van der Waals surface area (Å²) >= 11 is 0. The summed E-state index contributed by atoms with van der Waals surface area (Å²) in [7, 11) is 3.79. The number of hydrogen-bond donors (Lipinski definition) is 2. The van der Waals surface area contributed by atoms with Crippen LogP contribution in [0.1, 0.15) is 22.4 Å². The van der Waals surface area contributed by atoms with Gasteiger partial charge in [0.25, 0.3) is 0 Å². The predicted molar refractivity (Wildman–Crippen MR) is 81.5 cm³/mol. The third-order valence-electron chi connectivity index (χ3n) is 3.23. The maximum absolute atomic E-state index is 8.98. The van der Waals surface area contributed by atoms with Gasteiger partial charge in [0, 0.05) is 38.1 Å². The SMILES string of the molecule is Cc1cc(C)c(C(N)=NO)c(N(C)Cc2cnn(C)c2)n1. The maximum Gasteiger partial charge on any atom is 0.174 e. The molecule has 2 heterocycles. The van der Waals surface area contributed by atoms with Crippen LogP contribution in [0, 0.1) is 13.8 Å². The van der Waals surface area contributed by atoms with Gasteiger partial charge in [-0.25, -0.2) is 4.98 Å². The second-order valence-electron chi connectivity index (χ2n) is 5.14. The van der Waals surface area contributed by atoms with E-state index >= 15 is 0 Å². The molecule has 21 heavy (non-hydrogen) atoms. The number of aromatic nitrogens is 3. The van der Waals surface area contributed by atoms with Crippen LogP contribution in [0.25, 0.3) is 0 Å². The molecule has 2 rings (SSSR count). The van der Waals surface area contributed by atoms with Crippen molar-refractivity contribution < 1.29 is 5.21 Å². The second-order valence-corrected chi connectivity index (χ2v) is 5.14. The highest BCUT2D eigenvalue weighted by Crippen LogP contribution is 2.23. The Kier molecular flexibility index (Phi) is 4.11. The molecule has 0 atom stereocenters. The van der Waals surface area contributed by atoms with E-state index in [1.54, 1.807) is 4.68 Å². The molecule has 3 N–H and O–H groups in total. The minimum atomic E-state index is 0.0630. The number of rotatable bonds is 4. The lowest BCUT2D eigenvalue weighted by atomic mass is 10.1. The Morgan fingerprint density at radius 1 is 1.48 bits per heavy atom. The monoisotopic (exact) mass is 288 g/mol. The average Bonchev–Trinajstić information content (AvgIpc) is 2.82. The molecule has 2 aromatic heterocycles. The quantitative estimate of drug-likeness (QED) is 0.381. The lowest BCUT2D eigenvalue weighted by Crippen LogP contribution is -2.25. The number of anilines is 1. The molecule has 0 radical (unpaired) electrons. The Balaban J connectivity index is 2.41. The summed E-state index contributed by atoms with van der Waals surface area (Å²) in [6.07, 6.45) is 3.75. The van der Waals surface area contributed by atoms with E-state index in [-0.39, 0.29) is 5.84 Å². The van der Waals surface area contributed by atoms with Gasteiger partial charge in [0.1, 0.15) is 5.82 Å². The summed E-state index contributed by atoms with van der Waals surface area (Å²) in [5, 5.41) is 16.3. The molecule has 0 saturated carbocycles. The molecule has 112 valence electrons. The van der Waals surface area contributed by atoms with Gasteiger partial charge in [-0.3, -0.25) is 4.68 Å². The summed E-state index contributed by atoms with van der Waals surface area (Å²) in [5.41, 5.74) is 9.31.